The van der Waals surface area contributed by atoms with Crippen LogP contribution in [0.2, 0.25) is 0 Å². The second kappa shape index (κ2) is 9.61. The van der Waals surface area contributed by atoms with Crippen LogP contribution in [0.5, 0.6) is 0 Å². The van der Waals surface area contributed by atoms with Gasteiger partial charge in [0.25, 0.3) is 0 Å². The van der Waals surface area contributed by atoms with E-state index < -0.39 is 6.04 Å². The first-order valence-electron chi connectivity index (χ1n) is 8.62. The quantitative estimate of drug-likeness (QED) is 0.512. The summed E-state index contributed by atoms with van der Waals surface area (Å²) in [5.41, 5.74) is 0. The van der Waals surface area contributed by atoms with Crippen molar-refractivity contribution in [1.29, 1.82) is 5.26 Å². The Balaban J connectivity index is 3.22. The smallest absolute Gasteiger partial charge is 0.246 e. The maximum absolute atomic E-state index is 12.6. The zero-order valence-corrected chi connectivity index (χ0v) is 15.9. The molecule has 0 aromatic carbocycles. The molecule has 1 amide bonds. The van der Waals surface area contributed by atoms with Gasteiger partial charge in [0.15, 0.2) is 6.19 Å². The topological polar surface area (TPSA) is 110 Å². The van der Waals surface area contributed by atoms with E-state index in [0.29, 0.717) is 31.5 Å². The minimum atomic E-state index is -0.700. The Labute approximate surface area is 149 Å². The van der Waals surface area contributed by atoms with Gasteiger partial charge in [0.1, 0.15) is 6.04 Å². The van der Waals surface area contributed by atoms with Gasteiger partial charge in [-0.05, 0) is 41.5 Å². The highest BCUT2D eigenvalue weighted by Crippen LogP contribution is 2.17. The third-order valence-corrected chi connectivity index (χ3v) is 3.52. The number of nitriles is 1. The summed E-state index contributed by atoms with van der Waals surface area (Å²) >= 11 is 0. The molecule has 1 aromatic rings. The lowest BCUT2D eigenvalue weighted by Crippen LogP contribution is -2.46. The predicted octanol–water partition coefficient (Wildman–Crippen LogP) is 1.67. The van der Waals surface area contributed by atoms with Crippen LogP contribution < -0.4 is 15.5 Å². The fourth-order valence-electron chi connectivity index (χ4n) is 2.25. The number of anilines is 3. The fraction of sp³-hybridized carbons (Fsp3) is 0.688. The average molecular weight is 348 g/mol. The van der Waals surface area contributed by atoms with Gasteiger partial charge in [-0.2, -0.15) is 20.2 Å². The number of carbonyl (C=O) groups excluding carboxylic acids is 1. The number of hydrogen-bond donors (Lipinski definition) is 2. The minimum absolute atomic E-state index is 0.120. The van der Waals surface area contributed by atoms with Gasteiger partial charge in [0.05, 0.1) is 0 Å². The van der Waals surface area contributed by atoms with Crippen molar-refractivity contribution in [3.8, 4) is 6.19 Å². The largest absolute Gasteiger partial charge is 0.354 e. The molecule has 9 heteroatoms. The van der Waals surface area contributed by atoms with Crippen molar-refractivity contribution in [2.75, 3.05) is 35.2 Å². The van der Waals surface area contributed by atoms with Crippen molar-refractivity contribution >= 4 is 23.8 Å². The van der Waals surface area contributed by atoms with Gasteiger partial charge in [-0.1, -0.05) is 0 Å². The van der Waals surface area contributed by atoms with E-state index in [1.165, 1.54) is 4.90 Å². The molecule has 1 atom stereocenters. The SMILES string of the molecule is CCNc1nc(NC(C)C)nc(N(C#N)[C@H](C)C(=O)N(CC)CC)n1. The molecule has 138 valence electrons. The van der Waals surface area contributed by atoms with Crippen LogP contribution in [0.1, 0.15) is 41.5 Å². The van der Waals surface area contributed by atoms with E-state index in [9.17, 15) is 10.1 Å². The zero-order chi connectivity index (χ0) is 19.0. The van der Waals surface area contributed by atoms with Crippen LogP contribution >= 0.6 is 0 Å². The van der Waals surface area contributed by atoms with Gasteiger partial charge >= 0.3 is 0 Å². The van der Waals surface area contributed by atoms with Crippen LogP contribution in [0.3, 0.4) is 0 Å². The molecular weight excluding hydrogens is 320 g/mol. The maximum Gasteiger partial charge on any atom is 0.246 e. The summed E-state index contributed by atoms with van der Waals surface area (Å²) in [6, 6.07) is -0.580. The summed E-state index contributed by atoms with van der Waals surface area (Å²) in [6.45, 7) is 13.1. The van der Waals surface area contributed by atoms with Crippen molar-refractivity contribution in [2.24, 2.45) is 0 Å². The molecule has 0 saturated carbocycles. The van der Waals surface area contributed by atoms with Crippen LogP contribution in [0, 0.1) is 11.5 Å². The lowest BCUT2D eigenvalue weighted by Gasteiger charge is -2.27. The van der Waals surface area contributed by atoms with Crippen LogP contribution in [0.25, 0.3) is 0 Å². The third-order valence-electron chi connectivity index (χ3n) is 3.52. The Kier molecular flexibility index (Phi) is 7.85. The number of aromatic nitrogens is 3. The van der Waals surface area contributed by atoms with E-state index in [2.05, 4.69) is 25.6 Å². The highest BCUT2D eigenvalue weighted by atomic mass is 16.2. The van der Waals surface area contributed by atoms with E-state index in [1.807, 2.05) is 40.8 Å². The van der Waals surface area contributed by atoms with Crippen molar-refractivity contribution in [3.63, 3.8) is 0 Å². The van der Waals surface area contributed by atoms with Crippen molar-refractivity contribution in [1.82, 2.24) is 19.9 Å². The molecule has 0 saturated heterocycles. The monoisotopic (exact) mass is 348 g/mol. The summed E-state index contributed by atoms with van der Waals surface area (Å²) < 4.78 is 0. The molecule has 0 bridgehead atoms. The zero-order valence-electron chi connectivity index (χ0n) is 15.9. The van der Waals surface area contributed by atoms with E-state index in [0.717, 1.165) is 0 Å². The highest BCUT2D eigenvalue weighted by molar-refractivity contribution is 5.85. The number of likely N-dealkylation sites (N-methyl/N-ethyl adjacent to an activating group) is 1. The molecule has 0 aliphatic carbocycles. The highest BCUT2D eigenvalue weighted by Gasteiger charge is 2.28. The Bertz CT molecular complexity index is 609. The second-order valence-electron chi connectivity index (χ2n) is 5.77. The Morgan fingerprint density at radius 2 is 1.72 bits per heavy atom. The lowest BCUT2D eigenvalue weighted by atomic mass is 10.2. The van der Waals surface area contributed by atoms with Crippen molar-refractivity contribution in [2.45, 2.75) is 53.6 Å². The maximum atomic E-state index is 12.6. The molecule has 1 aromatic heterocycles. The number of rotatable bonds is 9. The van der Waals surface area contributed by atoms with E-state index in [4.69, 9.17) is 0 Å². The first kappa shape index (κ1) is 20.4. The second-order valence-corrected chi connectivity index (χ2v) is 5.77. The predicted molar refractivity (Wildman–Crippen MR) is 98.2 cm³/mol. The van der Waals surface area contributed by atoms with Crippen molar-refractivity contribution < 1.29 is 4.79 Å². The molecule has 0 spiro atoms. The van der Waals surface area contributed by atoms with E-state index in [1.54, 1.807) is 11.8 Å². The van der Waals surface area contributed by atoms with Gasteiger partial charge in [-0.15, -0.1) is 0 Å². The standard InChI is InChI=1S/C16H28N8O/c1-7-18-14-20-15(19-11(4)5)22-16(21-14)24(10-17)12(6)13(25)23(8-2)9-3/h11-12H,7-9H2,1-6H3,(H2,18,19,20,21,22)/t12-/m1/s1. The molecule has 0 fully saturated rings. The number of hydrogen-bond acceptors (Lipinski definition) is 8. The van der Waals surface area contributed by atoms with Crippen LogP contribution in [0.4, 0.5) is 17.8 Å². The van der Waals surface area contributed by atoms with Crippen LogP contribution in [0.15, 0.2) is 0 Å². The fourth-order valence-corrected chi connectivity index (χ4v) is 2.25. The Morgan fingerprint density at radius 1 is 1.12 bits per heavy atom. The molecular formula is C16H28N8O. The van der Waals surface area contributed by atoms with Crippen molar-refractivity contribution in [3.05, 3.63) is 0 Å². The molecule has 0 unspecified atom stereocenters. The molecule has 0 radical (unpaired) electrons. The summed E-state index contributed by atoms with van der Waals surface area (Å²) in [6.07, 6.45) is 2.03. The van der Waals surface area contributed by atoms with Gasteiger partial charge in [0, 0.05) is 25.7 Å². The van der Waals surface area contributed by atoms with Gasteiger partial charge in [0.2, 0.25) is 23.8 Å². The van der Waals surface area contributed by atoms with Gasteiger partial charge in [-0.3, -0.25) is 4.79 Å². The summed E-state index contributed by atoms with van der Waals surface area (Å²) in [4.78, 5) is 28.3. The van der Waals surface area contributed by atoms with E-state index in [-0.39, 0.29) is 17.9 Å². The minimum Gasteiger partial charge on any atom is -0.354 e. The number of carbonyl (C=O) groups is 1. The molecule has 1 rings (SSSR count). The molecule has 1 heterocycles. The van der Waals surface area contributed by atoms with E-state index >= 15 is 0 Å². The van der Waals surface area contributed by atoms with Crippen LogP contribution in [-0.4, -0.2) is 57.5 Å². The van der Waals surface area contributed by atoms with Gasteiger partial charge in [-0.25, -0.2) is 4.90 Å². The number of nitrogens with zero attached hydrogens (tertiary/aromatic N) is 6. The Morgan fingerprint density at radius 3 is 2.20 bits per heavy atom. The van der Waals surface area contributed by atoms with Crippen LogP contribution in [-0.2, 0) is 4.79 Å². The normalized spacial score (nSPS) is 11.6. The summed E-state index contributed by atoms with van der Waals surface area (Å²) in [5.74, 6) is 0.719. The molecule has 9 nitrogen and oxygen atoms in total. The third kappa shape index (κ3) is 5.45. The number of nitrogens with one attached hydrogen (secondary N) is 2. The Hall–Kier alpha value is -2.63. The van der Waals surface area contributed by atoms with Gasteiger partial charge < -0.3 is 15.5 Å². The first-order valence-corrected chi connectivity index (χ1v) is 8.62. The molecule has 25 heavy (non-hydrogen) atoms. The molecule has 2 N–H and O–H groups in total. The molecule has 0 aliphatic heterocycles. The average Bonchev–Trinajstić information content (AvgIpc) is 2.56. The number of amides is 1. The lowest BCUT2D eigenvalue weighted by molar-refractivity contribution is -0.131. The first-order chi connectivity index (χ1) is 11.9. The summed E-state index contributed by atoms with van der Waals surface area (Å²) in [7, 11) is 0. The molecule has 0 aliphatic rings. The summed E-state index contributed by atoms with van der Waals surface area (Å²) in [5, 5.41) is 15.7.